The first kappa shape index (κ1) is 16.2. The first-order chi connectivity index (χ1) is 9.69. The summed E-state index contributed by atoms with van der Waals surface area (Å²) in [5.41, 5.74) is 0.0884. The number of hydrogen-bond acceptors (Lipinski definition) is 4. The monoisotopic (exact) mass is 285 g/mol. The van der Waals surface area contributed by atoms with E-state index in [0.717, 1.165) is 52.0 Å². The van der Waals surface area contributed by atoms with E-state index >= 15 is 0 Å². The molecule has 2 saturated heterocycles. The molecule has 0 saturated carbocycles. The molecule has 1 N–H and O–H groups in total. The average Bonchev–Trinajstić information content (AvgIpc) is 2.47. The second-order valence-electron chi connectivity index (χ2n) is 6.34. The summed E-state index contributed by atoms with van der Waals surface area (Å²) in [6.07, 6.45) is 5.85. The van der Waals surface area contributed by atoms with Crippen LogP contribution < -0.4 is 5.32 Å². The minimum Gasteiger partial charge on any atom is -0.382 e. The summed E-state index contributed by atoms with van der Waals surface area (Å²) in [6, 6.07) is 0.540. The molecule has 0 radical (unpaired) electrons. The lowest BCUT2D eigenvalue weighted by Crippen LogP contribution is -2.50. The zero-order valence-electron chi connectivity index (χ0n) is 13.3. The van der Waals surface area contributed by atoms with Crippen LogP contribution in [0.4, 0.5) is 0 Å². The fraction of sp³-hybridized carbons (Fsp3) is 1.00. The summed E-state index contributed by atoms with van der Waals surface area (Å²) in [7, 11) is 1.80. The summed E-state index contributed by atoms with van der Waals surface area (Å²) in [5.74, 6) is 0.694. The lowest BCUT2D eigenvalue weighted by molar-refractivity contribution is -0.151. The van der Waals surface area contributed by atoms with E-state index in [-0.39, 0.29) is 5.60 Å². The van der Waals surface area contributed by atoms with E-state index in [9.17, 15) is 0 Å². The Hall–Kier alpha value is -0.160. The highest BCUT2D eigenvalue weighted by atomic mass is 16.5. The molecular formula is C16H31NO3. The van der Waals surface area contributed by atoms with Crippen molar-refractivity contribution in [2.45, 2.75) is 63.7 Å². The Labute approximate surface area is 123 Å². The van der Waals surface area contributed by atoms with Crippen LogP contribution in [0.1, 0.15) is 46.0 Å². The summed E-state index contributed by atoms with van der Waals surface area (Å²) in [5, 5.41) is 3.67. The third-order valence-electron chi connectivity index (χ3n) is 4.96. The SMILES string of the molecule is CCNC(CC(C)OC)C1CCOC2(CCOCC2)C1. The molecule has 0 aromatic carbocycles. The van der Waals surface area contributed by atoms with Crippen molar-refractivity contribution < 1.29 is 14.2 Å². The van der Waals surface area contributed by atoms with Gasteiger partial charge in [0.15, 0.2) is 0 Å². The largest absolute Gasteiger partial charge is 0.382 e. The zero-order valence-corrected chi connectivity index (χ0v) is 13.3. The van der Waals surface area contributed by atoms with Crippen molar-refractivity contribution in [3.05, 3.63) is 0 Å². The third-order valence-corrected chi connectivity index (χ3v) is 4.96. The number of ether oxygens (including phenoxy) is 3. The van der Waals surface area contributed by atoms with Gasteiger partial charge in [0.05, 0.1) is 11.7 Å². The topological polar surface area (TPSA) is 39.7 Å². The summed E-state index contributed by atoms with van der Waals surface area (Å²) < 4.78 is 17.1. The van der Waals surface area contributed by atoms with Gasteiger partial charge in [0.25, 0.3) is 0 Å². The molecule has 0 aromatic heterocycles. The third kappa shape index (κ3) is 4.17. The highest BCUT2D eigenvalue weighted by Gasteiger charge is 2.41. The quantitative estimate of drug-likeness (QED) is 0.813. The van der Waals surface area contributed by atoms with Crippen LogP contribution in [0.3, 0.4) is 0 Å². The van der Waals surface area contributed by atoms with Gasteiger partial charge in [-0.1, -0.05) is 6.92 Å². The van der Waals surface area contributed by atoms with Crippen LogP contribution in [0.25, 0.3) is 0 Å². The Balaban J connectivity index is 1.96. The van der Waals surface area contributed by atoms with Crippen LogP contribution in [0, 0.1) is 5.92 Å². The standard InChI is InChI=1S/C16H31NO3/c1-4-17-15(11-13(2)18-3)14-5-8-20-16(12-14)6-9-19-10-7-16/h13-15,17H,4-12H2,1-3H3. The van der Waals surface area contributed by atoms with Gasteiger partial charge in [0.2, 0.25) is 0 Å². The van der Waals surface area contributed by atoms with E-state index < -0.39 is 0 Å². The van der Waals surface area contributed by atoms with Crippen molar-refractivity contribution in [2.24, 2.45) is 5.92 Å². The van der Waals surface area contributed by atoms with Crippen molar-refractivity contribution in [1.29, 1.82) is 0 Å². The number of hydrogen-bond donors (Lipinski definition) is 1. The molecule has 0 amide bonds. The van der Waals surface area contributed by atoms with Gasteiger partial charge < -0.3 is 19.5 Å². The second-order valence-corrected chi connectivity index (χ2v) is 6.34. The van der Waals surface area contributed by atoms with E-state index in [0.29, 0.717) is 18.1 Å². The molecule has 2 heterocycles. The maximum Gasteiger partial charge on any atom is 0.0729 e. The smallest absolute Gasteiger partial charge is 0.0729 e. The van der Waals surface area contributed by atoms with E-state index in [1.54, 1.807) is 7.11 Å². The lowest BCUT2D eigenvalue weighted by atomic mass is 9.76. The minimum absolute atomic E-state index is 0.0884. The highest BCUT2D eigenvalue weighted by molar-refractivity contribution is 4.93. The molecule has 2 aliphatic rings. The van der Waals surface area contributed by atoms with Crippen LogP contribution in [0.5, 0.6) is 0 Å². The van der Waals surface area contributed by atoms with Gasteiger partial charge in [0.1, 0.15) is 0 Å². The molecule has 2 rings (SSSR count). The molecule has 3 unspecified atom stereocenters. The Morgan fingerprint density at radius 2 is 2.05 bits per heavy atom. The molecule has 20 heavy (non-hydrogen) atoms. The Morgan fingerprint density at radius 1 is 1.30 bits per heavy atom. The minimum atomic E-state index is 0.0884. The van der Waals surface area contributed by atoms with E-state index in [4.69, 9.17) is 14.2 Å². The Kier molecular flexibility index (Phi) is 6.27. The van der Waals surface area contributed by atoms with Gasteiger partial charge in [-0.25, -0.2) is 0 Å². The molecule has 1 spiro atoms. The number of rotatable bonds is 6. The lowest BCUT2D eigenvalue weighted by Gasteiger charge is -2.45. The number of nitrogens with one attached hydrogen (secondary N) is 1. The normalized spacial score (nSPS) is 29.2. The fourth-order valence-corrected chi connectivity index (χ4v) is 3.66. The van der Waals surface area contributed by atoms with Crippen LogP contribution in [0.2, 0.25) is 0 Å². The van der Waals surface area contributed by atoms with Crippen LogP contribution in [-0.2, 0) is 14.2 Å². The summed E-state index contributed by atoms with van der Waals surface area (Å²) >= 11 is 0. The molecule has 2 fully saturated rings. The zero-order chi connectivity index (χ0) is 14.4. The van der Waals surface area contributed by atoms with Gasteiger partial charge in [-0.15, -0.1) is 0 Å². The first-order valence-electron chi connectivity index (χ1n) is 8.17. The van der Waals surface area contributed by atoms with E-state index in [2.05, 4.69) is 19.2 Å². The van der Waals surface area contributed by atoms with Gasteiger partial charge in [-0.3, -0.25) is 0 Å². The van der Waals surface area contributed by atoms with Crippen LogP contribution in [0.15, 0.2) is 0 Å². The van der Waals surface area contributed by atoms with Crippen molar-refractivity contribution in [1.82, 2.24) is 5.32 Å². The van der Waals surface area contributed by atoms with Crippen molar-refractivity contribution in [3.63, 3.8) is 0 Å². The maximum absolute atomic E-state index is 6.16. The second kappa shape index (κ2) is 7.74. The molecule has 0 bridgehead atoms. The molecule has 0 aromatic rings. The van der Waals surface area contributed by atoms with Gasteiger partial charge in [-0.05, 0) is 51.5 Å². The molecule has 0 aliphatic carbocycles. The summed E-state index contributed by atoms with van der Waals surface area (Å²) in [4.78, 5) is 0. The number of methoxy groups -OCH3 is 1. The average molecular weight is 285 g/mol. The Morgan fingerprint density at radius 3 is 2.70 bits per heavy atom. The van der Waals surface area contributed by atoms with Crippen LogP contribution in [-0.4, -0.2) is 51.2 Å². The van der Waals surface area contributed by atoms with E-state index in [1.165, 1.54) is 6.42 Å². The predicted molar refractivity (Wildman–Crippen MR) is 80.0 cm³/mol. The molecular weight excluding hydrogens is 254 g/mol. The highest BCUT2D eigenvalue weighted by Crippen LogP contribution is 2.39. The van der Waals surface area contributed by atoms with Gasteiger partial charge in [0, 0.05) is 33.0 Å². The molecule has 3 atom stereocenters. The molecule has 4 heteroatoms. The van der Waals surface area contributed by atoms with Gasteiger partial charge in [-0.2, -0.15) is 0 Å². The molecule has 4 nitrogen and oxygen atoms in total. The van der Waals surface area contributed by atoms with Gasteiger partial charge >= 0.3 is 0 Å². The first-order valence-corrected chi connectivity index (χ1v) is 8.17. The van der Waals surface area contributed by atoms with Crippen LogP contribution >= 0.6 is 0 Å². The predicted octanol–water partition coefficient (Wildman–Crippen LogP) is 2.37. The van der Waals surface area contributed by atoms with Crippen molar-refractivity contribution >= 4 is 0 Å². The summed E-state index contributed by atoms with van der Waals surface area (Å²) in [6.45, 7) is 7.98. The molecule has 118 valence electrons. The Bertz CT molecular complexity index is 273. The molecule has 2 aliphatic heterocycles. The fourth-order valence-electron chi connectivity index (χ4n) is 3.66. The van der Waals surface area contributed by atoms with E-state index in [1.807, 2.05) is 0 Å². The van der Waals surface area contributed by atoms with Crippen molar-refractivity contribution in [3.8, 4) is 0 Å². The maximum atomic E-state index is 6.16. The van der Waals surface area contributed by atoms with Crippen molar-refractivity contribution in [2.75, 3.05) is 33.5 Å².